The van der Waals surface area contributed by atoms with Crippen LogP contribution in [0.1, 0.15) is 29.5 Å². The molecule has 0 heterocycles. The highest BCUT2D eigenvalue weighted by Gasteiger charge is 2.05. The van der Waals surface area contributed by atoms with Crippen molar-refractivity contribution in [3.63, 3.8) is 0 Å². The Balaban J connectivity index is 2.54. The summed E-state index contributed by atoms with van der Waals surface area (Å²) in [6, 6.07) is 4.29. The van der Waals surface area contributed by atoms with E-state index in [4.69, 9.17) is 17.3 Å². The minimum Gasteiger partial charge on any atom is -0.396 e. The molecule has 100 valence electrons. The number of nitrogens with one attached hydrogen (secondary N) is 2. The second-order valence-electron chi connectivity index (χ2n) is 4.59. The quantitative estimate of drug-likeness (QED) is 0.566. The van der Waals surface area contributed by atoms with E-state index in [0.29, 0.717) is 5.11 Å². The number of hydrogen-bond donors (Lipinski definition) is 3. The van der Waals surface area contributed by atoms with Gasteiger partial charge in [-0.05, 0) is 57.0 Å². The average Bonchev–Trinajstić information content (AvgIpc) is 2.29. The molecule has 0 aliphatic rings. The molecule has 1 aromatic rings. The van der Waals surface area contributed by atoms with E-state index in [9.17, 15) is 0 Å². The summed E-state index contributed by atoms with van der Waals surface area (Å²) in [7, 11) is 0. The number of benzene rings is 1. The van der Waals surface area contributed by atoms with Crippen molar-refractivity contribution in [1.82, 2.24) is 5.32 Å². The van der Waals surface area contributed by atoms with Crippen LogP contribution in [0.3, 0.4) is 0 Å². The molecule has 0 aliphatic heterocycles. The molecule has 3 N–H and O–H groups in total. The highest BCUT2D eigenvalue weighted by molar-refractivity contribution is 7.80. The Morgan fingerprint density at radius 2 is 1.78 bits per heavy atom. The number of rotatable bonds is 5. The van der Waals surface area contributed by atoms with E-state index in [1.54, 1.807) is 0 Å². The Morgan fingerprint density at radius 3 is 2.33 bits per heavy atom. The third kappa shape index (κ3) is 4.63. The number of thiocarbonyl (C=S) groups is 1. The number of anilines is 1. The summed E-state index contributed by atoms with van der Waals surface area (Å²) in [6.45, 7) is 7.27. The first-order valence-electron chi connectivity index (χ1n) is 6.28. The number of aliphatic hydroxyl groups excluding tert-OH is 1. The third-order valence-corrected chi connectivity index (χ3v) is 3.03. The summed E-state index contributed by atoms with van der Waals surface area (Å²) < 4.78 is 0. The first kappa shape index (κ1) is 14.9. The number of aliphatic hydroxyl groups is 1. The predicted molar refractivity (Wildman–Crippen MR) is 81.2 cm³/mol. The fourth-order valence-corrected chi connectivity index (χ4v) is 2.18. The molecule has 1 rings (SSSR count). The van der Waals surface area contributed by atoms with Crippen LogP contribution in [0.25, 0.3) is 0 Å². The van der Waals surface area contributed by atoms with Gasteiger partial charge in [-0.3, -0.25) is 0 Å². The molecule has 0 aromatic heterocycles. The van der Waals surface area contributed by atoms with Crippen molar-refractivity contribution in [1.29, 1.82) is 0 Å². The van der Waals surface area contributed by atoms with E-state index in [0.717, 1.165) is 25.1 Å². The fourth-order valence-electron chi connectivity index (χ4n) is 1.97. The number of aryl methyl sites for hydroxylation is 3. The first-order valence-corrected chi connectivity index (χ1v) is 6.69. The van der Waals surface area contributed by atoms with Gasteiger partial charge in [-0.2, -0.15) is 0 Å². The maximum absolute atomic E-state index is 8.69. The molecule has 0 unspecified atom stereocenters. The van der Waals surface area contributed by atoms with Crippen LogP contribution < -0.4 is 10.6 Å². The normalized spacial score (nSPS) is 10.2. The molecule has 0 saturated carbocycles. The second kappa shape index (κ2) is 7.34. The molecular formula is C14H22N2OS. The summed E-state index contributed by atoms with van der Waals surface area (Å²) in [5.41, 5.74) is 4.75. The molecule has 0 spiro atoms. The lowest BCUT2D eigenvalue weighted by Gasteiger charge is -2.15. The number of unbranched alkanes of at least 4 members (excludes halogenated alkanes) is 1. The lowest BCUT2D eigenvalue weighted by atomic mass is 10.1. The molecule has 0 atom stereocenters. The number of hydrogen-bond acceptors (Lipinski definition) is 2. The highest BCUT2D eigenvalue weighted by Crippen LogP contribution is 2.21. The van der Waals surface area contributed by atoms with Gasteiger partial charge in [0.1, 0.15) is 0 Å². The Hall–Kier alpha value is -1.13. The molecule has 3 nitrogen and oxygen atoms in total. The van der Waals surface area contributed by atoms with E-state index in [1.807, 2.05) is 0 Å². The Kier molecular flexibility index (Phi) is 6.09. The van der Waals surface area contributed by atoms with Crippen molar-refractivity contribution in [2.75, 3.05) is 18.5 Å². The minimum absolute atomic E-state index is 0.234. The van der Waals surface area contributed by atoms with Crippen LogP contribution in [0.4, 0.5) is 5.69 Å². The van der Waals surface area contributed by atoms with Crippen LogP contribution >= 0.6 is 12.2 Å². The summed E-state index contributed by atoms with van der Waals surface area (Å²) in [5.74, 6) is 0. The molecule has 0 aliphatic carbocycles. The van der Waals surface area contributed by atoms with Gasteiger partial charge in [0.05, 0.1) is 0 Å². The highest BCUT2D eigenvalue weighted by atomic mass is 32.1. The van der Waals surface area contributed by atoms with Gasteiger partial charge in [0.15, 0.2) is 5.11 Å². The first-order chi connectivity index (χ1) is 8.54. The smallest absolute Gasteiger partial charge is 0.170 e. The van der Waals surface area contributed by atoms with E-state index in [-0.39, 0.29) is 6.61 Å². The maximum Gasteiger partial charge on any atom is 0.170 e. The molecule has 0 radical (unpaired) electrons. The van der Waals surface area contributed by atoms with Gasteiger partial charge in [0.2, 0.25) is 0 Å². The largest absolute Gasteiger partial charge is 0.396 e. The zero-order valence-electron chi connectivity index (χ0n) is 11.3. The van der Waals surface area contributed by atoms with Crippen LogP contribution in [-0.4, -0.2) is 23.4 Å². The summed E-state index contributed by atoms with van der Waals surface area (Å²) in [4.78, 5) is 0. The maximum atomic E-state index is 8.69. The second-order valence-corrected chi connectivity index (χ2v) is 4.99. The molecule has 0 saturated heterocycles. The Bertz CT molecular complexity index is 395. The van der Waals surface area contributed by atoms with Gasteiger partial charge < -0.3 is 15.7 Å². The fraction of sp³-hybridized carbons (Fsp3) is 0.500. The lowest BCUT2D eigenvalue weighted by molar-refractivity contribution is 0.285. The Labute approximate surface area is 115 Å². The van der Waals surface area contributed by atoms with Gasteiger partial charge in [-0.15, -0.1) is 0 Å². The van der Waals surface area contributed by atoms with Crippen molar-refractivity contribution in [2.45, 2.75) is 33.6 Å². The lowest BCUT2D eigenvalue weighted by Crippen LogP contribution is -2.30. The SMILES string of the molecule is Cc1cc(C)c(NC(=S)NCCCCO)c(C)c1. The van der Waals surface area contributed by atoms with Gasteiger partial charge in [0, 0.05) is 18.8 Å². The van der Waals surface area contributed by atoms with Gasteiger partial charge >= 0.3 is 0 Å². The molecule has 4 heteroatoms. The van der Waals surface area contributed by atoms with E-state index >= 15 is 0 Å². The molecule has 0 amide bonds. The molecule has 18 heavy (non-hydrogen) atoms. The van der Waals surface area contributed by atoms with Crippen LogP contribution in [0.15, 0.2) is 12.1 Å². The monoisotopic (exact) mass is 266 g/mol. The van der Waals surface area contributed by atoms with Crippen LogP contribution in [-0.2, 0) is 0 Å². The van der Waals surface area contributed by atoms with Gasteiger partial charge in [-0.1, -0.05) is 17.7 Å². The average molecular weight is 266 g/mol. The van der Waals surface area contributed by atoms with Crippen LogP contribution in [0.5, 0.6) is 0 Å². The van der Waals surface area contributed by atoms with Gasteiger partial charge in [-0.25, -0.2) is 0 Å². The minimum atomic E-state index is 0.234. The van der Waals surface area contributed by atoms with Crippen molar-refractivity contribution in [2.24, 2.45) is 0 Å². The molecule has 1 aromatic carbocycles. The van der Waals surface area contributed by atoms with Gasteiger partial charge in [0.25, 0.3) is 0 Å². The zero-order valence-corrected chi connectivity index (χ0v) is 12.2. The Morgan fingerprint density at radius 1 is 1.17 bits per heavy atom. The predicted octanol–water partition coefficient (Wildman–Crippen LogP) is 2.67. The zero-order chi connectivity index (χ0) is 13.5. The van der Waals surface area contributed by atoms with Crippen molar-refractivity contribution in [3.05, 3.63) is 28.8 Å². The van der Waals surface area contributed by atoms with E-state index in [1.165, 1.54) is 16.7 Å². The topological polar surface area (TPSA) is 44.3 Å². The van der Waals surface area contributed by atoms with E-state index in [2.05, 4.69) is 43.5 Å². The molecule has 0 bridgehead atoms. The van der Waals surface area contributed by atoms with Crippen molar-refractivity contribution < 1.29 is 5.11 Å². The van der Waals surface area contributed by atoms with Crippen LogP contribution in [0, 0.1) is 20.8 Å². The third-order valence-electron chi connectivity index (χ3n) is 2.79. The molecule has 0 fully saturated rings. The summed E-state index contributed by atoms with van der Waals surface area (Å²) >= 11 is 5.25. The summed E-state index contributed by atoms with van der Waals surface area (Å²) in [6.07, 6.45) is 1.72. The van der Waals surface area contributed by atoms with Crippen molar-refractivity contribution in [3.8, 4) is 0 Å². The molecular weight excluding hydrogens is 244 g/mol. The summed E-state index contributed by atoms with van der Waals surface area (Å²) in [5, 5.41) is 15.7. The standard InChI is InChI=1S/C14H22N2OS/c1-10-8-11(2)13(12(3)9-10)16-14(18)15-6-4-5-7-17/h8-9,17H,4-7H2,1-3H3,(H2,15,16,18). The van der Waals surface area contributed by atoms with E-state index < -0.39 is 0 Å². The van der Waals surface area contributed by atoms with Crippen molar-refractivity contribution >= 4 is 23.0 Å². The van der Waals surface area contributed by atoms with Crippen LogP contribution in [0.2, 0.25) is 0 Å².